The van der Waals surface area contributed by atoms with Crippen LogP contribution in [0.3, 0.4) is 0 Å². The third-order valence-electron chi connectivity index (χ3n) is 4.43. The Bertz CT molecular complexity index is 345. The fraction of sp³-hybridized carbons (Fsp3) is 0.923. The number of rotatable bonds is 4. The fourth-order valence-corrected chi connectivity index (χ4v) is 3.86. The Hall–Kier alpha value is -0.500. The lowest BCUT2D eigenvalue weighted by molar-refractivity contribution is -0.0379. The van der Waals surface area contributed by atoms with Crippen molar-refractivity contribution in [3.8, 4) is 0 Å². The minimum absolute atomic E-state index is 0.199. The Morgan fingerprint density at radius 1 is 1.45 bits per heavy atom. The average Bonchev–Trinajstić information content (AvgIpc) is 2.47. The quantitative estimate of drug-likeness (QED) is 0.336. The molecule has 7 heteroatoms. The molecule has 0 aromatic heterocycles. The summed E-state index contributed by atoms with van der Waals surface area (Å²) in [6.45, 7) is 5.78. The molecule has 2 heterocycles. The number of likely N-dealkylation sites (N-methyl/N-ethyl adjacent to an activating group) is 1. The van der Waals surface area contributed by atoms with Gasteiger partial charge in [-0.1, -0.05) is 5.16 Å². The monoisotopic (exact) mass is 302 g/mol. The number of thioether (sulfide) groups is 1. The maximum atomic E-state index is 8.95. The highest BCUT2D eigenvalue weighted by atomic mass is 32.2. The highest BCUT2D eigenvalue weighted by molar-refractivity contribution is 8.00. The van der Waals surface area contributed by atoms with E-state index in [-0.39, 0.29) is 4.75 Å². The number of piperidine rings is 1. The predicted molar refractivity (Wildman–Crippen MR) is 82.6 cm³/mol. The molecule has 2 fully saturated rings. The maximum Gasteiger partial charge on any atom is 0.155 e. The Morgan fingerprint density at radius 2 is 2.15 bits per heavy atom. The Labute approximate surface area is 125 Å². The molecule has 0 aliphatic carbocycles. The summed E-state index contributed by atoms with van der Waals surface area (Å²) in [6.07, 6.45) is 4.19. The van der Waals surface area contributed by atoms with E-state index in [1.807, 2.05) is 6.26 Å². The molecule has 0 aromatic carbocycles. The lowest BCUT2D eigenvalue weighted by Gasteiger charge is -2.41. The SMILES string of the molecule is CSC1(C(N)=NO)CCN(CC2CN(C)CCO2)CC1. The minimum atomic E-state index is -0.199. The second-order valence-corrected chi connectivity index (χ2v) is 6.93. The number of hydrogen-bond donors (Lipinski definition) is 2. The van der Waals surface area contributed by atoms with Gasteiger partial charge in [-0.05, 0) is 26.1 Å². The molecular formula is C13H26N4O2S. The van der Waals surface area contributed by atoms with Gasteiger partial charge in [0.2, 0.25) is 0 Å². The number of nitrogens with two attached hydrogens (primary N) is 1. The van der Waals surface area contributed by atoms with Crippen LogP contribution in [0.25, 0.3) is 0 Å². The van der Waals surface area contributed by atoms with E-state index in [1.54, 1.807) is 11.8 Å². The van der Waals surface area contributed by atoms with Gasteiger partial charge in [0.1, 0.15) is 0 Å². The molecule has 0 radical (unpaired) electrons. The Balaban J connectivity index is 1.84. The first-order valence-corrected chi connectivity index (χ1v) is 8.38. The molecule has 0 spiro atoms. The fourth-order valence-electron chi connectivity index (χ4n) is 3.02. The van der Waals surface area contributed by atoms with Crippen molar-refractivity contribution in [2.75, 3.05) is 52.6 Å². The third-order valence-corrected chi connectivity index (χ3v) is 5.83. The molecule has 20 heavy (non-hydrogen) atoms. The number of oxime groups is 1. The molecule has 2 aliphatic rings. The van der Waals surface area contributed by atoms with Crippen LogP contribution in [0.4, 0.5) is 0 Å². The van der Waals surface area contributed by atoms with Crippen LogP contribution in [0.2, 0.25) is 0 Å². The van der Waals surface area contributed by atoms with E-state index in [4.69, 9.17) is 15.7 Å². The van der Waals surface area contributed by atoms with E-state index in [0.29, 0.717) is 11.9 Å². The summed E-state index contributed by atoms with van der Waals surface area (Å²) in [4.78, 5) is 4.75. The van der Waals surface area contributed by atoms with Gasteiger partial charge in [0.25, 0.3) is 0 Å². The highest BCUT2D eigenvalue weighted by Crippen LogP contribution is 2.34. The molecule has 0 amide bonds. The van der Waals surface area contributed by atoms with Gasteiger partial charge in [0.05, 0.1) is 17.5 Å². The molecule has 116 valence electrons. The van der Waals surface area contributed by atoms with Crippen molar-refractivity contribution in [3.05, 3.63) is 0 Å². The van der Waals surface area contributed by atoms with Crippen LogP contribution >= 0.6 is 11.8 Å². The number of ether oxygens (including phenoxy) is 1. The van der Waals surface area contributed by atoms with Gasteiger partial charge in [-0.3, -0.25) is 0 Å². The van der Waals surface area contributed by atoms with Gasteiger partial charge >= 0.3 is 0 Å². The van der Waals surface area contributed by atoms with Crippen LogP contribution in [0, 0.1) is 0 Å². The molecule has 6 nitrogen and oxygen atoms in total. The summed E-state index contributed by atoms with van der Waals surface area (Å²) in [7, 11) is 2.14. The van der Waals surface area contributed by atoms with E-state index in [2.05, 4.69) is 22.0 Å². The van der Waals surface area contributed by atoms with Crippen molar-refractivity contribution in [2.24, 2.45) is 10.9 Å². The number of nitrogens with zero attached hydrogens (tertiary/aromatic N) is 3. The highest BCUT2D eigenvalue weighted by Gasteiger charge is 2.38. The smallest absolute Gasteiger partial charge is 0.155 e. The lowest BCUT2D eigenvalue weighted by atomic mass is 9.94. The number of hydrogen-bond acceptors (Lipinski definition) is 6. The summed E-state index contributed by atoms with van der Waals surface area (Å²) in [6, 6.07) is 0. The van der Waals surface area contributed by atoms with Crippen LogP contribution in [0.5, 0.6) is 0 Å². The normalized spacial score (nSPS) is 29.5. The minimum Gasteiger partial charge on any atom is -0.409 e. The summed E-state index contributed by atoms with van der Waals surface area (Å²) >= 11 is 1.69. The van der Waals surface area contributed by atoms with Crippen molar-refractivity contribution in [1.29, 1.82) is 0 Å². The number of likely N-dealkylation sites (tertiary alicyclic amines) is 1. The molecule has 0 aromatic rings. The van der Waals surface area contributed by atoms with Gasteiger partial charge in [-0.25, -0.2) is 0 Å². The average molecular weight is 302 g/mol. The summed E-state index contributed by atoms with van der Waals surface area (Å²) in [5, 5.41) is 12.2. The van der Waals surface area contributed by atoms with Gasteiger partial charge in [0, 0.05) is 32.7 Å². The van der Waals surface area contributed by atoms with Crippen LogP contribution < -0.4 is 5.73 Å². The zero-order chi connectivity index (χ0) is 14.6. The first kappa shape index (κ1) is 15.9. The number of morpholine rings is 1. The van der Waals surface area contributed by atoms with E-state index < -0.39 is 0 Å². The molecule has 1 atom stereocenters. The largest absolute Gasteiger partial charge is 0.409 e. The van der Waals surface area contributed by atoms with Crippen molar-refractivity contribution in [2.45, 2.75) is 23.7 Å². The Morgan fingerprint density at radius 3 is 2.70 bits per heavy atom. The Kier molecular flexibility index (Phi) is 5.54. The van der Waals surface area contributed by atoms with Crippen molar-refractivity contribution in [3.63, 3.8) is 0 Å². The standard InChI is InChI=1S/C13H26N4O2S/c1-16-7-8-19-11(9-16)10-17-5-3-13(20-2,4-6-17)12(14)15-18/h11,18H,3-10H2,1-2H3,(H2,14,15). The summed E-state index contributed by atoms with van der Waals surface area (Å²) < 4.78 is 5.62. The maximum absolute atomic E-state index is 8.95. The van der Waals surface area contributed by atoms with Crippen LogP contribution in [-0.2, 0) is 4.74 Å². The molecule has 0 bridgehead atoms. The first-order chi connectivity index (χ1) is 9.59. The first-order valence-electron chi connectivity index (χ1n) is 7.15. The molecular weight excluding hydrogens is 276 g/mol. The van der Waals surface area contributed by atoms with E-state index >= 15 is 0 Å². The van der Waals surface area contributed by atoms with Gasteiger partial charge in [-0.15, -0.1) is 0 Å². The van der Waals surface area contributed by atoms with Gasteiger partial charge in [0.15, 0.2) is 5.84 Å². The molecule has 2 saturated heterocycles. The third kappa shape index (κ3) is 3.58. The van der Waals surface area contributed by atoms with Crippen molar-refractivity contribution >= 4 is 17.6 Å². The molecule has 2 rings (SSSR count). The molecule has 1 unspecified atom stereocenters. The van der Waals surface area contributed by atoms with E-state index in [9.17, 15) is 0 Å². The molecule has 2 aliphatic heterocycles. The number of amidine groups is 1. The van der Waals surface area contributed by atoms with Gasteiger partial charge in [-0.2, -0.15) is 11.8 Å². The second-order valence-electron chi connectivity index (χ2n) is 5.74. The summed E-state index contributed by atoms with van der Waals surface area (Å²) in [5.41, 5.74) is 5.87. The predicted octanol–water partition coefficient (Wildman–Crippen LogP) is 0.261. The van der Waals surface area contributed by atoms with Crippen molar-refractivity contribution < 1.29 is 9.94 Å². The topological polar surface area (TPSA) is 74.3 Å². The van der Waals surface area contributed by atoms with Gasteiger partial charge < -0.3 is 25.5 Å². The molecule has 0 saturated carbocycles. The zero-order valence-electron chi connectivity index (χ0n) is 12.4. The molecule has 3 N–H and O–H groups in total. The second kappa shape index (κ2) is 6.98. The van der Waals surface area contributed by atoms with E-state index in [0.717, 1.165) is 52.2 Å². The summed E-state index contributed by atoms with van der Waals surface area (Å²) in [5.74, 6) is 0.360. The lowest BCUT2D eigenvalue weighted by Crippen LogP contribution is -2.53. The van der Waals surface area contributed by atoms with Crippen LogP contribution in [0.1, 0.15) is 12.8 Å². The van der Waals surface area contributed by atoms with Crippen LogP contribution in [-0.4, -0.2) is 84.3 Å². The van der Waals surface area contributed by atoms with Crippen molar-refractivity contribution in [1.82, 2.24) is 9.80 Å². The zero-order valence-corrected chi connectivity index (χ0v) is 13.2. The van der Waals surface area contributed by atoms with Crippen LogP contribution in [0.15, 0.2) is 5.16 Å². The van der Waals surface area contributed by atoms with E-state index in [1.165, 1.54) is 0 Å².